The summed E-state index contributed by atoms with van der Waals surface area (Å²) in [4.78, 5) is 24.8. The van der Waals surface area contributed by atoms with E-state index in [1.165, 1.54) is 16.9 Å². The minimum absolute atomic E-state index is 0.0250. The van der Waals surface area contributed by atoms with E-state index >= 15 is 0 Å². The molecule has 1 unspecified atom stereocenters. The molecule has 1 saturated carbocycles. The molecule has 0 amide bonds. The number of nitrogens with one attached hydrogen (secondary N) is 1. The van der Waals surface area contributed by atoms with Crippen LogP contribution in [0.5, 0.6) is 0 Å². The number of aromatic nitrogens is 2. The molecule has 1 atom stereocenters. The first kappa shape index (κ1) is 18.6. The van der Waals surface area contributed by atoms with Gasteiger partial charge in [-0.2, -0.15) is 0 Å². The van der Waals surface area contributed by atoms with Crippen molar-refractivity contribution in [2.75, 3.05) is 19.8 Å². The summed E-state index contributed by atoms with van der Waals surface area (Å²) in [6.45, 7) is 1.44. The third kappa shape index (κ3) is 4.25. The lowest BCUT2D eigenvalue weighted by Gasteiger charge is -2.24. The molecule has 0 aliphatic heterocycles. The van der Waals surface area contributed by atoms with Crippen LogP contribution in [-0.4, -0.2) is 51.9 Å². The number of fused-ring (bicyclic) bond motifs is 3. The zero-order valence-electron chi connectivity index (χ0n) is 15.4. The first-order valence-corrected chi connectivity index (χ1v) is 10.4. The highest BCUT2D eigenvalue weighted by Gasteiger charge is 2.31. The fraction of sp³-hybridized carbons (Fsp3) is 0.600. The summed E-state index contributed by atoms with van der Waals surface area (Å²) in [5, 5.41) is 11.0. The predicted octanol–water partition coefficient (Wildman–Crippen LogP) is 1.84. The first-order chi connectivity index (χ1) is 13.2. The number of aliphatic hydroxyl groups excluding tert-OH is 1. The highest BCUT2D eigenvalue weighted by atomic mass is 32.1. The monoisotopic (exact) mass is 387 g/mol. The van der Waals surface area contributed by atoms with Crippen molar-refractivity contribution in [2.24, 2.45) is 0 Å². The largest absolute Gasteiger partial charge is 0.389 e. The summed E-state index contributed by atoms with van der Waals surface area (Å²) >= 11 is 1.67. The number of H-pyrrole nitrogens is 1. The van der Waals surface area contributed by atoms with Crippen LogP contribution in [0.25, 0.3) is 10.2 Å². The highest BCUT2D eigenvalue weighted by molar-refractivity contribution is 7.18. The van der Waals surface area contributed by atoms with E-state index in [0.717, 1.165) is 42.3 Å². The second-order valence-corrected chi connectivity index (χ2v) is 8.52. The van der Waals surface area contributed by atoms with Crippen molar-refractivity contribution >= 4 is 21.6 Å². The second-order valence-electron chi connectivity index (χ2n) is 7.44. The topological polar surface area (TPSA) is 78.5 Å². The molecule has 2 aromatic rings. The van der Waals surface area contributed by atoms with Crippen LogP contribution < -0.4 is 5.56 Å². The number of aliphatic hydroxyl groups is 1. The van der Waals surface area contributed by atoms with Gasteiger partial charge in [-0.15, -0.1) is 17.8 Å². The van der Waals surface area contributed by atoms with E-state index in [2.05, 4.69) is 15.8 Å². The summed E-state index contributed by atoms with van der Waals surface area (Å²) in [6, 6.07) is 0.435. The Kier molecular flexibility index (Phi) is 5.60. The zero-order chi connectivity index (χ0) is 18.8. The van der Waals surface area contributed by atoms with Gasteiger partial charge >= 0.3 is 0 Å². The van der Waals surface area contributed by atoms with E-state index in [1.807, 2.05) is 0 Å². The molecule has 2 aliphatic carbocycles. The van der Waals surface area contributed by atoms with Crippen LogP contribution in [0.1, 0.15) is 41.9 Å². The van der Waals surface area contributed by atoms with Crippen LogP contribution >= 0.6 is 11.3 Å². The molecule has 2 N–H and O–H groups in total. The van der Waals surface area contributed by atoms with Gasteiger partial charge < -0.3 is 14.8 Å². The molecule has 27 heavy (non-hydrogen) atoms. The molecule has 1 fully saturated rings. The zero-order valence-corrected chi connectivity index (χ0v) is 16.2. The van der Waals surface area contributed by atoms with Gasteiger partial charge in [-0.1, -0.05) is 5.92 Å². The number of rotatable bonds is 8. The van der Waals surface area contributed by atoms with Gasteiger partial charge in [-0.25, -0.2) is 4.98 Å². The second kappa shape index (κ2) is 8.11. The standard InChI is InChI=1S/C20H25N3O3S/c1-2-9-26-12-14(24)10-23(13-7-8-13)11-17-21-19(25)18-15-5-3-4-6-16(15)27-20(18)22-17/h1,13-14,24H,3-12H2,(H,21,22,25). The number of thiophene rings is 1. The van der Waals surface area contributed by atoms with Gasteiger partial charge in [-0.3, -0.25) is 9.69 Å². The van der Waals surface area contributed by atoms with Gasteiger partial charge in [0.15, 0.2) is 0 Å². The molecule has 6 nitrogen and oxygen atoms in total. The maximum absolute atomic E-state index is 12.7. The van der Waals surface area contributed by atoms with Crippen molar-refractivity contribution in [3.63, 3.8) is 0 Å². The quantitative estimate of drug-likeness (QED) is 0.534. The van der Waals surface area contributed by atoms with Crippen LogP contribution in [0.4, 0.5) is 0 Å². The highest BCUT2D eigenvalue weighted by Crippen LogP contribution is 2.34. The van der Waals surface area contributed by atoms with Crippen molar-refractivity contribution in [2.45, 2.75) is 57.2 Å². The molecule has 2 aliphatic rings. The lowest BCUT2D eigenvalue weighted by atomic mass is 9.97. The van der Waals surface area contributed by atoms with E-state index in [1.54, 1.807) is 11.3 Å². The van der Waals surface area contributed by atoms with Crippen LogP contribution in [-0.2, 0) is 24.1 Å². The van der Waals surface area contributed by atoms with Gasteiger partial charge in [0.2, 0.25) is 0 Å². The fourth-order valence-electron chi connectivity index (χ4n) is 3.84. The van der Waals surface area contributed by atoms with Crippen molar-refractivity contribution < 1.29 is 9.84 Å². The lowest BCUT2D eigenvalue weighted by molar-refractivity contribution is 0.0237. The van der Waals surface area contributed by atoms with Crippen molar-refractivity contribution in [1.82, 2.24) is 14.9 Å². The van der Waals surface area contributed by atoms with Crippen LogP contribution in [0.2, 0.25) is 0 Å². The summed E-state index contributed by atoms with van der Waals surface area (Å²) < 4.78 is 5.23. The lowest BCUT2D eigenvalue weighted by Crippen LogP contribution is -2.37. The molecule has 144 valence electrons. The molecule has 4 rings (SSSR count). The fourth-order valence-corrected chi connectivity index (χ4v) is 5.12. The number of hydrogen-bond donors (Lipinski definition) is 2. The third-order valence-electron chi connectivity index (χ3n) is 5.23. The smallest absolute Gasteiger partial charge is 0.259 e. The molecule has 2 aromatic heterocycles. The molecular formula is C20H25N3O3S. The average Bonchev–Trinajstić information content (AvgIpc) is 3.42. The third-order valence-corrected chi connectivity index (χ3v) is 6.42. The summed E-state index contributed by atoms with van der Waals surface area (Å²) in [5.74, 6) is 3.08. The minimum atomic E-state index is -0.608. The normalized spacial score (nSPS) is 17.8. The maximum atomic E-state index is 12.7. The SMILES string of the molecule is C#CCOCC(O)CN(Cc1nc2sc3c(c2c(=O)[nH]1)CCCC3)C1CC1. The van der Waals surface area contributed by atoms with Gasteiger partial charge in [0.1, 0.15) is 17.3 Å². The van der Waals surface area contributed by atoms with Gasteiger partial charge in [-0.05, 0) is 44.1 Å². The van der Waals surface area contributed by atoms with Crippen LogP contribution in [0.3, 0.4) is 0 Å². The van der Waals surface area contributed by atoms with E-state index in [-0.39, 0.29) is 18.8 Å². The van der Waals surface area contributed by atoms with E-state index in [4.69, 9.17) is 16.1 Å². The average molecular weight is 388 g/mol. The number of ether oxygens (including phenoxy) is 1. The van der Waals surface area contributed by atoms with Gasteiger partial charge in [0, 0.05) is 17.5 Å². The van der Waals surface area contributed by atoms with Crippen molar-refractivity contribution in [3.8, 4) is 12.3 Å². The molecule has 7 heteroatoms. The molecule has 0 spiro atoms. The van der Waals surface area contributed by atoms with Crippen LogP contribution in [0, 0.1) is 12.3 Å². The molecule has 0 radical (unpaired) electrons. The summed E-state index contributed by atoms with van der Waals surface area (Å²) in [6.07, 6.45) is 11.2. The van der Waals surface area contributed by atoms with Crippen molar-refractivity contribution in [1.29, 1.82) is 0 Å². The van der Waals surface area contributed by atoms with Crippen LogP contribution in [0.15, 0.2) is 4.79 Å². The Morgan fingerprint density at radius 2 is 2.22 bits per heavy atom. The van der Waals surface area contributed by atoms with E-state index < -0.39 is 6.10 Å². The van der Waals surface area contributed by atoms with E-state index in [0.29, 0.717) is 25.0 Å². The number of terminal acetylenes is 1. The first-order valence-electron chi connectivity index (χ1n) is 9.62. The summed E-state index contributed by atoms with van der Waals surface area (Å²) in [7, 11) is 0. The molecular weight excluding hydrogens is 362 g/mol. The Hall–Kier alpha value is -1.72. The molecule has 0 bridgehead atoms. The Balaban J connectivity index is 1.51. The number of aromatic amines is 1. The Labute approximate surface area is 162 Å². The van der Waals surface area contributed by atoms with Gasteiger partial charge in [0.25, 0.3) is 5.56 Å². The van der Waals surface area contributed by atoms with Crippen molar-refractivity contribution in [3.05, 3.63) is 26.6 Å². The Morgan fingerprint density at radius 3 is 3.00 bits per heavy atom. The number of nitrogens with zero attached hydrogens (tertiary/aromatic N) is 2. The maximum Gasteiger partial charge on any atom is 0.259 e. The molecule has 0 aromatic carbocycles. The number of hydrogen-bond acceptors (Lipinski definition) is 6. The summed E-state index contributed by atoms with van der Waals surface area (Å²) in [5.41, 5.74) is 1.18. The molecule has 2 heterocycles. The number of aryl methyl sites for hydroxylation is 2. The minimum Gasteiger partial charge on any atom is -0.389 e. The molecule has 0 saturated heterocycles. The predicted molar refractivity (Wildman–Crippen MR) is 106 cm³/mol. The Morgan fingerprint density at radius 1 is 1.41 bits per heavy atom. The van der Waals surface area contributed by atoms with Gasteiger partial charge in [0.05, 0.1) is 24.6 Å². The Bertz CT molecular complexity index is 910. The van der Waals surface area contributed by atoms with E-state index in [9.17, 15) is 9.90 Å².